The lowest BCUT2D eigenvalue weighted by Gasteiger charge is -2.22. The van der Waals surface area contributed by atoms with E-state index in [1.54, 1.807) is 0 Å². The number of hydrogen-bond acceptors (Lipinski definition) is 2. The fourth-order valence-electron chi connectivity index (χ4n) is 3.06. The lowest BCUT2D eigenvalue weighted by molar-refractivity contribution is 0.424. The summed E-state index contributed by atoms with van der Waals surface area (Å²) in [5, 5.41) is 6.07. The average Bonchev–Trinajstić information content (AvgIpc) is 3.08. The van der Waals surface area contributed by atoms with Crippen LogP contribution in [0.5, 0.6) is 0 Å². The van der Waals surface area contributed by atoms with Crippen molar-refractivity contribution in [2.24, 2.45) is 0 Å². The summed E-state index contributed by atoms with van der Waals surface area (Å²) in [7, 11) is 0. The van der Waals surface area contributed by atoms with Crippen molar-refractivity contribution < 1.29 is 0 Å². The molecule has 0 radical (unpaired) electrons. The van der Waals surface area contributed by atoms with Gasteiger partial charge in [-0.2, -0.15) is 0 Å². The zero-order valence-corrected chi connectivity index (χ0v) is 12.2. The zero-order valence-electron chi connectivity index (χ0n) is 11.4. The van der Waals surface area contributed by atoms with Gasteiger partial charge < -0.3 is 5.32 Å². The van der Waals surface area contributed by atoms with Gasteiger partial charge in [-0.3, -0.25) is 0 Å². The van der Waals surface area contributed by atoms with Gasteiger partial charge >= 0.3 is 0 Å². The molecule has 2 unspecified atom stereocenters. The standard InChI is InChI=1S/C17H21NS/c1-2-6-16(17-9-5-12-19-17)18-15-11-10-13-7-3-4-8-14(13)15/h3-5,7-9,12,15-16,18H,2,6,10-11H2,1H3. The quantitative estimate of drug-likeness (QED) is 0.818. The third-order valence-electron chi connectivity index (χ3n) is 4.00. The first kappa shape index (κ1) is 12.9. The molecule has 0 saturated heterocycles. The smallest absolute Gasteiger partial charge is 0.0419 e. The van der Waals surface area contributed by atoms with E-state index in [0.29, 0.717) is 12.1 Å². The van der Waals surface area contributed by atoms with Crippen LogP contribution in [0.15, 0.2) is 41.8 Å². The Morgan fingerprint density at radius 3 is 2.95 bits per heavy atom. The van der Waals surface area contributed by atoms with E-state index in [-0.39, 0.29) is 0 Å². The van der Waals surface area contributed by atoms with Gasteiger partial charge in [-0.25, -0.2) is 0 Å². The highest BCUT2D eigenvalue weighted by Gasteiger charge is 2.24. The minimum Gasteiger partial charge on any atom is -0.302 e. The molecule has 100 valence electrons. The first-order chi connectivity index (χ1) is 9.38. The Kier molecular flexibility index (Phi) is 4.00. The molecule has 19 heavy (non-hydrogen) atoms. The maximum Gasteiger partial charge on any atom is 0.0419 e. The summed E-state index contributed by atoms with van der Waals surface area (Å²) in [5.41, 5.74) is 3.04. The Bertz CT molecular complexity index is 516. The van der Waals surface area contributed by atoms with Gasteiger partial charge in [-0.05, 0) is 41.8 Å². The van der Waals surface area contributed by atoms with Crippen LogP contribution < -0.4 is 5.32 Å². The third kappa shape index (κ3) is 2.75. The van der Waals surface area contributed by atoms with E-state index >= 15 is 0 Å². The van der Waals surface area contributed by atoms with Gasteiger partial charge in [0.1, 0.15) is 0 Å². The summed E-state index contributed by atoms with van der Waals surface area (Å²) >= 11 is 1.87. The Hall–Kier alpha value is -1.12. The molecule has 0 saturated carbocycles. The first-order valence-electron chi connectivity index (χ1n) is 7.25. The third-order valence-corrected chi connectivity index (χ3v) is 4.99. The molecular formula is C17H21NS. The van der Waals surface area contributed by atoms with E-state index in [2.05, 4.69) is 54.0 Å². The molecule has 2 heteroatoms. The molecule has 1 nitrogen and oxygen atoms in total. The van der Waals surface area contributed by atoms with E-state index in [0.717, 1.165) is 0 Å². The maximum atomic E-state index is 3.89. The molecule has 0 spiro atoms. The summed E-state index contributed by atoms with van der Waals surface area (Å²) in [4.78, 5) is 1.48. The molecule has 1 aliphatic carbocycles. The Labute approximate surface area is 119 Å². The second-order valence-corrected chi connectivity index (χ2v) is 6.29. The highest BCUT2D eigenvalue weighted by Crippen LogP contribution is 2.34. The SMILES string of the molecule is CCCC(NC1CCc2ccccc21)c1cccs1. The molecule has 0 amide bonds. The number of thiophene rings is 1. The van der Waals surface area contributed by atoms with Gasteiger partial charge in [0.15, 0.2) is 0 Å². The normalized spacial score (nSPS) is 19.3. The molecule has 1 aromatic heterocycles. The lowest BCUT2D eigenvalue weighted by atomic mass is 10.0. The topological polar surface area (TPSA) is 12.0 Å². The van der Waals surface area contributed by atoms with Gasteiger partial charge in [0.05, 0.1) is 0 Å². The summed E-state index contributed by atoms with van der Waals surface area (Å²) in [6.45, 7) is 2.27. The highest BCUT2D eigenvalue weighted by molar-refractivity contribution is 7.10. The predicted octanol–water partition coefficient (Wildman–Crippen LogP) is 4.87. The van der Waals surface area contributed by atoms with Crippen LogP contribution in [0.4, 0.5) is 0 Å². The summed E-state index contributed by atoms with van der Waals surface area (Å²) in [6, 6.07) is 14.4. The summed E-state index contributed by atoms with van der Waals surface area (Å²) < 4.78 is 0. The van der Waals surface area contributed by atoms with Crippen molar-refractivity contribution in [3.8, 4) is 0 Å². The highest BCUT2D eigenvalue weighted by atomic mass is 32.1. The first-order valence-corrected chi connectivity index (χ1v) is 8.13. The Morgan fingerprint density at radius 1 is 1.26 bits per heavy atom. The van der Waals surface area contributed by atoms with Crippen molar-refractivity contribution in [3.63, 3.8) is 0 Å². The minimum absolute atomic E-state index is 0.515. The van der Waals surface area contributed by atoms with E-state index in [1.165, 1.54) is 41.7 Å². The zero-order chi connectivity index (χ0) is 13.1. The van der Waals surface area contributed by atoms with Crippen molar-refractivity contribution in [2.75, 3.05) is 0 Å². The summed E-state index contributed by atoms with van der Waals surface area (Å²) in [5.74, 6) is 0. The van der Waals surface area contributed by atoms with Crippen LogP contribution in [0.1, 0.15) is 54.3 Å². The fourth-order valence-corrected chi connectivity index (χ4v) is 3.88. The monoisotopic (exact) mass is 271 g/mol. The fraction of sp³-hybridized carbons (Fsp3) is 0.412. The van der Waals surface area contributed by atoms with Crippen LogP contribution in [0.3, 0.4) is 0 Å². The number of aryl methyl sites for hydroxylation is 1. The molecule has 2 atom stereocenters. The van der Waals surface area contributed by atoms with Crippen molar-refractivity contribution in [2.45, 2.75) is 44.7 Å². The average molecular weight is 271 g/mol. The van der Waals surface area contributed by atoms with Crippen molar-refractivity contribution in [3.05, 3.63) is 57.8 Å². The van der Waals surface area contributed by atoms with E-state index in [4.69, 9.17) is 0 Å². The molecule has 1 N–H and O–H groups in total. The molecule has 3 rings (SSSR count). The molecule has 1 aliphatic rings. The van der Waals surface area contributed by atoms with Crippen LogP contribution in [0.25, 0.3) is 0 Å². The number of benzene rings is 1. The molecule has 1 aromatic carbocycles. The van der Waals surface area contributed by atoms with Crippen LogP contribution in [-0.4, -0.2) is 0 Å². The number of hydrogen-bond donors (Lipinski definition) is 1. The Morgan fingerprint density at radius 2 is 2.16 bits per heavy atom. The van der Waals surface area contributed by atoms with Crippen LogP contribution in [-0.2, 0) is 6.42 Å². The van der Waals surface area contributed by atoms with Crippen LogP contribution >= 0.6 is 11.3 Å². The number of fused-ring (bicyclic) bond motifs is 1. The molecule has 0 aliphatic heterocycles. The van der Waals surface area contributed by atoms with Crippen molar-refractivity contribution in [1.29, 1.82) is 0 Å². The van der Waals surface area contributed by atoms with E-state index in [9.17, 15) is 0 Å². The molecule has 1 heterocycles. The number of rotatable bonds is 5. The van der Waals surface area contributed by atoms with Crippen LogP contribution in [0.2, 0.25) is 0 Å². The Balaban J connectivity index is 1.77. The van der Waals surface area contributed by atoms with Gasteiger partial charge in [-0.1, -0.05) is 43.7 Å². The second-order valence-electron chi connectivity index (χ2n) is 5.31. The van der Waals surface area contributed by atoms with Crippen molar-refractivity contribution >= 4 is 11.3 Å². The van der Waals surface area contributed by atoms with Gasteiger partial charge in [0, 0.05) is 17.0 Å². The van der Waals surface area contributed by atoms with Crippen LogP contribution in [0, 0.1) is 0 Å². The molecule has 0 fully saturated rings. The minimum atomic E-state index is 0.515. The molecule has 2 aromatic rings. The number of nitrogens with one attached hydrogen (secondary N) is 1. The van der Waals surface area contributed by atoms with E-state index < -0.39 is 0 Å². The molecular weight excluding hydrogens is 250 g/mol. The predicted molar refractivity (Wildman–Crippen MR) is 82.6 cm³/mol. The van der Waals surface area contributed by atoms with Crippen molar-refractivity contribution in [1.82, 2.24) is 5.32 Å². The second kappa shape index (κ2) is 5.89. The van der Waals surface area contributed by atoms with Gasteiger partial charge in [0.25, 0.3) is 0 Å². The maximum absolute atomic E-state index is 3.89. The van der Waals surface area contributed by atoms with Gasteiger partial charge in [0.2, 0.25) is 0 Å². The largest absolute Gasteiger partial charge is 0.302 e. The lowest BCUT2D eigenvalue weighted by Crippen LogP contribution is -2.24. The van der Waals surface area contributed by atoms with Gasteiger partial charge in [-0.15, -0.1) is 11.3 Å². The molecule has 0 bridgehead atoms. The van der Waals surface area contributed by atoms with E-state index in [1.807, 2.05) is 11.3 Å². The summed E-state index contributed by atoms with van der Waals surface area (Å²) in [6.07, 6.45) is 4.91.